The van der Waals surface area contributed by atoms with Crippen LogP contribution in [0.25, 0.3) is 10.9 Å². The largest absolute Gasteiger partial charge is 0.435 e. The highest BCUT2D eigenvalue weighted by atomic mass is 35.5. The first-order chi connectivity index (χ1) is 12.7. The Morgan fingerprint density at radius 3 is 2.62 bits per heavy atom. The molecule has 3 aromatic heterocycles. The molecule has 4 aromatic rings. The van der Waals surface area contributed by atoms with E-state index in [1.807, 2.05) is 30.3 Å². The minimum Gasteiger partial charge on any atom is -0.435 e. The number of hydrogen-bond acceptors (Lipinski definition) is 7. The molecule has 0 saturated heterocycles. The Labute approximate surface area is 153 Å². The van der Waals surface area contributed by atoms with Gasteiger partial charge in [0.25, 0.3) is 0 Å². The average Bonchev–Trinajstić information content (AvgIpc) is 2.67. The summed E-state index contributed by atoms with van der Waals surface area (Å²) < 4.78 is 5.90. The summed E-state index contributed by atoms with van der Waals surface area (Å²) in [6.07, 6.45) is 4.66. The van der Waals surface area contributed by atoms with Crippen LogP contribution in [0.2, 0.25) is 5.15 Å². The topological polar surface area (TPSA) is 98.8 Å². The molecule has 0 radical (unpaired) electrons. The number of nitrogens with zero attached hydrogens (tertiary/aromatic N) is 4. The van der Waals surface area contributed by atoms with E-state index >= 15 is 0 Å². The second kappa shape index (κ2) is 6.81. The van der Waals surface area contributed by atoms with E-state index in [-0.39, 0.29) is 11.6 Å². The lowest BCUT2D eigenvalue weighted by atomic mass is 10.2. The SMILES string of the molecule is Nc1c(Nc2cccnc2Cl)ncnc1Oc1cccc2cccnc12. The fraction of sp³-hybridized carbons (Fsp3) is 0. The van der Waals surface area contributed by atoms with Crippen LogP contribution in [0, 0.1) is 0 Å². The number of rotatable bonds is 4. The van der Waals surface area contributed by atoms with E-state index < -0.39 is 0 Å². The van der Waals surface area contributed by atoms with Crippen LogP contribution in [0.4, 0.5) is 17.2 Å². The molecule has 0 fully saturated rings. The van der Waals surface area contributed by atoms with Crippen LogP contribution in [0.1, 0.15) is 0 Å². The highest BCUT2D eigenvalue weighted by molar-refractivity contribution is 6.32. The quantitative estimate of drug-likeness (QED) is 0.524. The molecule has 7 nitrogen and oxygen atoms in total. The zero-order valence-corrected chi connectivity index (χ0v) is 14.2. The zero-order chi connectivity index (χ0) is 17.9. The first kappa shape index (κ1) is 16.0. The number of nitrogens with one attached hydrogen (secondary N) is 1. The Kier molecular flexibility index (Phi) is 4.20. The zero-order valence-electron chi connectivity index (χ0n) is 13.4. The molecule has 0 bridgehead atoms. The number of nitrogens with two attached hydrogens (primary N) is 1. The molecule has 4 rings (SSSR count). The minimum absolute atomic E-state index is 0.223. The number of fused-ring (bicyclic) bond motifs is 1. The summed E-state index contributed by atoms with van der Waals surface area (Å²) in [7, 11) is 0. The fourth-order valence-corrected chi connectivity index (χ4v) is 2.60. The number of anilines is 3. The van der Waals surface area contributed by atoms with Gasteiger partial charge in [0.2, 0.25) is 5.88 Å². The van der Waals surface area contributed by atoms with Gasteiger partial charge in [-0.3, -0.25) is 4.98 Å². The number of pyridine rings is 2. The molecular formula is C18H13ClN6O. The Balaban J connectivity index is 1.69. The van der Waals surface area contributed by atoms with Gasteiger partial charge >= 0.3 is 0 Å². The van der Waals surface area contributed by atoms with Crippen LogP contribution in [0.3, 0.4) is 0 Å². The first-order valence-electron chi connectivity index (χ1n) is 7.72. The van der Waals surface area contributed by atoms with E-state index in [0.29, 0.717) is 22.4 Å². The van der Waals surface area contributed by atoms with Crippen LogP contribution in [-0.4, -0.2) is 19.9 Å². The highest BCUT2D eigenvalue weighted by Gasteiger charge is 2.13. The normalized spacial score (nSPS) is 10.7. The predicted octanol–water partition coefficient (Wildman–Crippen LogP) is 4.19. The molecular weight excluding hydrogens is 352 g/mol. The van der Waals surface area contributed by atoms with Crippen molar-refractivity contribution < 1.29 is 4.74 Å². The van der Waals surface area contributed by atoms with E-state index in [9.17, 15) is 0 Å². The van der Waals surface area contributed by atoms with E-state index in [0.717, 1.165) is 10.9 Å². The van der Waals surface area contributed by atoms with Gasteiger partial charge in [-0.05, 0) is 24.3 Å². The van der Waals surface area contributed by atoms with Gasteiger partial charge in [-0.1, -0.05) is 29.8 Å². The lowest BCUT2D eigenvalue weighted by Gasteiger charge is -2.13. The van der Waals surface area contributed by atoms with Crippen molar-refractivity contribution in [2.24, 2.45) is 0 Å². The van der Waals surface area contributed by atoms with E-state index in [4.69, 9.17) is 22.1 Å². The van der Waals surface area contributed by atoms with Crippen LogP contribution in [-0.2, 0) is 0 Å². The number of benzene rings is 1. The molecule has 0 aliphatic heterocycles. The number of ether oxygens (including phenoxy) is 1. The monoisotopic (exact) mass is 364 g/mol. The van der Waals surface area contributed by atoms with E-state index in [2.05, 4.69) is 25.3 Å². The van der Waals surface area contributed by atoms with Crippen molar-refractivity contribution >= 4 is 39.7 Å². The maximum absolute atomic E-state index is 6.18. The van der Waals surface area contributed by atoms with Gasteiger partial charge in [-0.25, -0.2) is 9.97 Å². The Morgan fingerprint density at radius 1 is 0.923 bits per heavy atom. The van der Waals surface area contributed by atoms with Gasteiger partial charge in [0.1, 0.15) is 17.5 Å². The Bertz CT molecular complexity index is 1080. The van der Waals surface area contributed by atoms with Gasteiger partial charge in [0.05, 0.1) is 5.69 Å². The molecule has 0 saturated carbocycles. The van der Waals surface area contributed by atoms with Gasteiger partial charge in [-0.2, -0.15) is 4.98 Å². The third-order valence-corrected chi connectivity index (χ3v) is 3.96. The number of nitrogen functional groups attached to an aromatic ring is 1. The standard InChI is InChI=1S/C18H13ClN6O/c19-16-12(6-3-9-22-16)25-17-14(20)18(24-10-23-17)26-13-7-1-4-11-5-2-8-21-15(11)13/h1-10H,20H2,(H,23,24,25). The number of para-hydroxylation sites is 1. The van der Waals surface area contributed by atoms with Crippen LogP contribution >= 0.6 is 11.6 Å². The summed E-state index contributed by atoms with van der Waals surface area (Å²) >= 11 is 6.06. The molecule has 0 atom stereocenters. The molecule has 8 heteroatoms. The van der Waals surface area contributed by atoms with E-state index in [1.54, 1.807) is 24.5 Å². The van der Waals surface area contributed by atoms with Gasteiger partial charge in [0, 0.05) is 17.8 Å². The number of hydrogen-bond donors (Lipinski definition) is 2. The number of aromatic nitrogens is 4. The van der Waals surface area contributed by atoms with Crippen molar-refractivity contribution in [3.05, 3.63) is 66.3 Å². The molecule has 26 heavy (non-hydrogen) atoms. The van der Waals surface area contributed by atoms with Crippen LogP contribution < -0.4 is 15.8 Å². The van der Waals surface area contributed by atoms with Crippen molar-refractivity contribution in [2.45, 2.75) is 0 Å². The molecule has 0 spiro atoms. The van der Waals surface area contributed by atoms with Gasteiger partial charge in [-0.15, -0.1) is 0 Å². The van der Waals surface area contributed by atoms with Gasteiger partial charge in [0.15, 0.2) is 16.7 Å². The smallest absolute Gasteiger partial charge is 0.248 e. The summed E-state index contributed by atoms with van der Waals surface area (Å²) in [5, 5.41) is 4.31. The van der Waals surface area contributed by atoms with Gasteiger partial charge < -0.3 is 15.8 Å². The van der Waals surface area contributed by atoms with Crippen molar-refractivity contribution in [2.75, 3.05) is 11.1 Å². The first-order valence-corrected chi connectivity index (χ1v) is 8.10. The molecule has 0 aliphatic carbocycles. The molecule has 128 valence electrons. The number of halogens is 1. The Hall–Kier alpha value is -3.45. The molecule has 0 unspecified atom stereocenters. The van der Waals surface area contributed by atoms with Crippen molar-refractivity contribution in [1.29, 1.82) is 0 Å². The van der Waals surface area contributed by atoms with Crippen molar-refractivity contribution in [1.82, 2.24) is 19.9 Å². The lowest BCUT2D eigenvalue weighted by molar-refractivity contribution is 0.469. The lowest BCUT2D eigenvalue weighted by Crippen LogP contribution is -2.04. The molecule has 3 heterocycles. The third-order valence-electron chi connectivity index (χ3n) is 3.66. The molecule has 1 aromatic carbocycles. The molecule has 3 N–H and O–H groups in total. The average molecular weight is 365 g/mol. The third kappa shape index (κ3) is 3.07. The fourth-order valence-electron chi connectivity index (χ4n) is 2.43. The van der Waals surface area contributed by atoms with Crippen molar-refractivity contribution in [3.8, 4) is 11.6 Å². The van der Waals surface area contributed by atoms with E-state index in [1.165, 1.54) is 6.33 Å². The maximum Gasteiger partial charge on any atom is 0.248 e. The maximum atomic E-state index is 6.18. The minimum atomic E-state index is 0.223. The summed E-state index contributed by atoms with van der Waals surface area (Å²) in [4.78, 5) is 16.6. The molecule has 0 aliphatic rings. The second-order valence-electron chi connectivity index (χ2n) is 5.34. The van der Waals surface area contributed by atoms with Crippen LogP contribution in [0.5, 0.6) is 11.6 Å². The molecule has 0 amide bonds. The summed E-state index contributed by atoms with van der Waals surface area (Å²) in [6.45, 7) is 0. The second-order valence-corrected chi connectivity index (χ2v) is 5.70. The Morgan fingerprint density at radius 2 is 1.73 bits per heavy atom. The summed E-state index contributed by atoms with van der Waals surface area (Å²) in [5.74, 6) is 1.15. The summed E-state index contributed by atoms with van der Waals surface area (Å²) in [5.41, 5.74) is 7.73. The van der Waals surface area contributed by atoms with Crippen molar-refractivity contribution in [3.63, 3.8) is 0 Å². The summed E-state index contributed by atoms with van der Waals surface area (Å²) in [6, 6.07) is 13.0. The highest BCUT2D eigenvalue weighted by Crippen LogP contribution is 2.34. The predicted molar refractivity (Wildman–Crippen MR) is 101 cm³/mol. The van der Waals surface area contributed by atoms with Crippen LogP contribution in [0.15, 0.2) is 61.2 Å².